The van der Waals surface area contributed by atoms with E-state index in [1.807, 2.05) is 4.90 Å². The highest BCUT2D eigenvalue weighted by molar-refractivity contribution is 5.86. The molecule has 2 saturated heterocycles. The minimum absolute atomic E-state index is 0.0884. The molecule has 116 valence electrons. The average molecular weight is 291 g/mol. The predicted molar refractivity (Wildman–Crippen MR) is 78.4 cm³/mol. The maximum absolute atomic E-state index is 12.7. The van der Waals surface area contributed by atoms with Crippen molar-refractivity contribution in [3.05, 3.63) is 0 Å². The van der Waals surface area contributed by atoms with Gasteiger partial charge in [0.1, 0.15) is 5.41 Å². The zero-order valence-corrected chi connectivity index (χ0v) is 12.9. The number of carbonyl (C=O) groups excluding carboxylic acids is 1. The Kier molecular flexibility index (Phi) is 4.19. The van der Waals surface area contributed by atoms with Crippen molar-refractivity contribution in [1.29, 1.82) is 5.26 Å². The quantitative estimate of drug-likeness (QED) is 0.785. The Morgan fingerprint density at radius 3 is 2.57 bits per heavy atom. The molecular formula is C16H25N3O2. The summed E-state index contributed by atoms with van der Waals surface area (Å²) in [6.45, 7) is 7.34. The Morgan fingerprint density at radius 1 is 1.33 bits per heavy atom. The Hall–Kier alpha value is -1.12. The number of nitriles is 1. The van der Waals surface area contributed by atoms with Gasteiger partial charge in [-0.05, 0) is 25.2 Å². The zero-order chi connectivity index (χ0) is 14.9. The maximum atomic E-state index is 12.7. The molecule has 3 fully saturated rings. The number of rotatable bonds is 3. The van der Waals surface area contributed by atoms with Crippen molar-refractivity contribution in [3.63, 3.8) is 0 Å². The number of amides is 1. The van der Waals surface area contributed by atoms with Crippen LogP contribution in [-0.2, 0) is 9.53 Å². The fraction of sp³-hybridized carbons (Fsp3) is 0.875. The first-order valence-electron chi connectivity index (χ1n) is 8.22. The lowest BCUT2D eigenvalue weighted by Crippen LogP contribution is -2.49. The molecule has 5 nitrogen and oxygen atoms in total. The highest BCUT2D eigenvalue weighted by Gasteiger charge is 2.49. The Labute approximate surface area is 126 Å². The molecule has 21 heavy (non-hydrogen) atoms. The lowest BCUT2D eigenvalue weighted by atomic mass is 9.69. The first-order valence-corrected chi connectivity index (χ1v) is 8.22. The molecular weight excluding hydrogens is 266 g/mol. The third-order valence-electron chi connectivity index (χ3n) is 5.56. The highest BCUT2D eigenvalue weighted by atomic mass is 16.5. The van der Waals surface area contributed by atoms with E-state index in [0.29, 0.717) is 12.0 Å². The van der Waals surface area contributed by atoms with Crippen molar-refractivity contribution >= 4 is 5.91 Å². The van der Waals surface area contributed by atoms with E-state index >= 15 is 0 Å². The van der Waals surface area contributed by atoms with Gasteiger partial charge in [0.05, 0.1) is 19.3 Å². The molecule has 1 aliphatic carbocycles. The van der Waals surface area contributed by atoms with Crippen molar-refractivity contribution in [1.82, 2.24) is 9.80 Å². The summed E-state index contributed by atoms with van der Waals surface area (Å²) in [7, 11) is 0. The second-order valence-corrected chi connectivity index (χ2v) is 6.64. The molecule has 1 amide bonds. The highest BCUT2D eigenvalue weighted by Crippen LogP contribution is 2.43. The molecule has 0 bridgehead atoms. The lowest BCUT2D eigenvalue weighted by molar-refractivity contribution is -0.142. The van der Waals surface area contributed by atoms with Gasteiger partial charge in [0.25, 0.3) is 0 Å². The summed E-state index contributed by atoms with van der Waals surface area (Å²) in [4.78, 5) is 17.2. The van der Waals surface area contributed by atoms with Crippen molar-refractivity contribution in [2.24, 2.45) is 11.3 Å². The van der Waals surface area contributed by atoms with E-state index in [1.165, 1.54) is 0 Å². The summed E-state index contributed by atoms with van der Waals surface area (Å²) in [6.07, 6.45) is 3.60. The fourth-order valence-electron chi connectivity index (χ4n) is 3.95. The van der Waals surface area contributed by atoms with Gasteiger partial charge in [-0.1, -0.05) is 13.3 Å². The summed E-state index contributed by atoms with van der Waals surface area (Å²) in [6, 6.07) is 2.74. The first kappa shape index (κ1) is 14.8. The van der Waals surface area contributed by atoms with E-state index in [1.54, 1.807) is 0 Å². The van der Waals surface area contributed by atoms with Gasteiger partial charge in [-0.3, -0.25) is 9.69 Å². The van der Waals surface area contributed by atoms with Gasteiger partial charge in [-0.25, -0.2) is 0 Å². The molecule has 1 saturated carbocycles. The predicted octanol–water partition coefficient (Wildman–Crippen LogP) is 1.25. The molecule has 0 N–H and O–H groups in total. The van der Waals surface area contributed by atoms with Crippen molar-refractivity contribution in [2.45, 2.75) is 38.6 Å². The van der Waals surface area contributed by atoms with E-state index in [-0.39, 0.29) is 5.91 Å². The van der Waals surface area contributed by atoms with Crippen molar-refractivity contribution in [3.8, 4) is 6.07 Å². The third kappa shape index (κ3) is 2.56. The van der Waals surface area contributed by atoms with Gasteiger partial charge in [-0.2, -0.15) is 5.26 Å². The fourth-order valence-corrected chi connectivity index (χ4v) is 3.95. The maximum Gasteiger partial charge on any atom is 0.243 e. The van der Waals surface area contributed by atoms with E-state index < -0.39 is 5.41 Å². The van der Waals surface area contributed by atoms with Gasteiger partial charge in [0, 0.05) is 32.2 Å². The molecule has 0 radical (unpaired) electrons. The van der Waals surface area contributed by atoms with E-state index in [0.717, 1.165) is 65.1 Å². The molecule has 0 aromatic heterocycles. The van der Waals surface area contributed by atoms with Gasteiger partial charge >= 0.3 is 0 Å². The second-order valence-electron chi connectivity index (χ2n) is 6.64. The van der Waals surface area contributed by atoms with Crippen LogP contribution in [-0.4, -0.2) is 61.1 Å². The monoisotopic (exact) mass is 291 g/mol. The molecule has 0 aromatic carbocycles. The molecule has 0 aromatic rings. The molecule has 0 spiro atoms. The van der Waals surface area contributed by atoms with Crippen LogP contribution in [0.4, 0.5) is 0 Å². The molecule has 2 unspecified atom stereocenters. The van der Waals surface area contributed by atoms with Gasteiger partial charge in [0.2, 0.25) is 5.91 Å². The molecule has 2 aliphatic heterocycles. The van der Waals surface area contributed by atoms with Crippen LogP contribution in [0.2, 0.25) is 0 Å². The topological polar surface area (TPSA) is 56.6 Å². The van der Waals surface area contributed by atoms with Crippen molar-refractivity contribution < 1.29 is 9.53 Å². The van der Waals surface area contributed by atoms with Crippen LogP contribution in [0.3, 0.4) is 0 Å². The van der Waals surface area contributed by atoms with Crippen LogP contribution in [0.5, 0.6) is 0 Å². The summed E-state index contributed by atoms with van der Waals surface area (Å²) in [5, 5.41) is 9.38. The normalized spacial score (nSPS) is 32.5. The molecule has 3 aliphatic rings. The molecule has 3 rings (SSSR count). The minimum Gasteiger partial charge on any atom is -0.379 e. The second kappa shape index (κ2) is 5.94. The summed E-state index contributed by atoms with van der Waals surface area (Å²) in [5.74, 6) is 0.619. The van der Waals surface area contributed by atoms with Gasteiger partial charge in [0.15, 0.2) is 0 Å². The first-order chi connectivity index (χ1) is 10.2. The number of nitrogens with zero attached hydrogens (tertiary/aromatic N) is 3. The number of ether oxygens (including phenoxy) is 1. The number of carbonyl (C=O) groups is 1. The third-order valence-corrected chi connectivity index (χ3v) is 5.56. The van der Waals surface area contributed by atoms with Crippen LogP contribution in [0.15, 0.2) is 0 Å². The van der Waals surface area contributed by atoms with Crippen LogP contribution < -0.4 is 0 Å². The van der Waals surface area contributed by atoms with Crippen LogP contribution in [0, 0.1) is 22.7 Å². The summed E-state index contributed by atoms with van der Waals surface area (Å²) < 4.78 is 5.44. The molecule has 2 atom stereocenters. The number of hydrogen-bond acceptors (Lipinski definition) is 4. The van der Waals surface area contributed by atoms with Crippen molar-refractivity contribution in [2.75, 3.05) is 39.4 Å². The number of likely N-dealkylation sites (tertiary alicyclic amines) is 1. The molecule has 5 heteroatoms. The van der Waals surface area contributed by atoms with Gasteiger partial charge in [-0.15, -0.1) is 0 Å². The lowest BCUT2D eigenvalue weighted by Gasteiger charge is -2.37. The minimum atomic E-state index is -0.696. The van der Waals surface area contributed by atoms with E-state index in [2.05, 4.69) is 17.9 Å². The number of morpholine rings is 1. The Balaban J connectivity index is 1.69. The van der Waals surface area contributed by atoms with Crippen LogP contribution >= 0.6 is 0 Å². The average Bonchev–Trinajstić information content (AvgIpc) is 2.91. The van der Waals surface area contributed by atoms with Crippen LogP contribution in [0.25, 0.3) is 0 Å². The smallest absolute Gasteiger partial charge is 0.243 e. The molecule has 2 heterocycles. The van der Waals surface area contributed by atoms with E-state index in [9.17, 15) is 10.1 Å². The van der Waals surface area contributed by atoms with Crippen LogP contribution in [0.1, 0.15) is 32.6 Å². The largest absolute Gasteiger partial charge is 0.379 e. The SMILES string of the molecule is CCC1CN(C(=O)C2(C#N)CCC2)CC1N1CCOCC1. The number of hydrogen-bond donors (Lipinski definition) is 0. The summed E-state index contributed by atoms with van der Waals surface area (Å²) >= 11 is 0. The zero-order valence-electron chi connectivity index (χ0n) is 12.9. The Morgan fingerprint density at radius 2 is 2.05 bits per heavy atom. The summed E-state index contributed by atoms with van der Waals surface area (Å²) in [5.41, 5.74) is -0.696. The van der Waals surface area contributed by atoms with E-state index in [4.69, 9.17) is 4.74 Å². The Bertz CT molecular complexity index is 435. The standard InChI is InChI=1S/C16H25N3O2/c1-2-13-10-19(15(20)16(12-17)4-3-5-16)11-14(13)18-6-8-21-9-7-18/h13-14H,2-11H2,1H3. The van der Waals surface area contributed by atoms with Gasteiger partial charge < -0.3 is 9.64 Å².